The maximum Gasteiger partial charge on any atom is 0.227 e. The van der Waals surface area contributed by atoms with E-state index in [-0.39, 0.29) is 5.91 Å². The molecule has 0 aliphatic carbocycles. The van der Waals surface area contributed by atoms with Gasteiger partial charge in [-0.25, -0.2) is 4.98 Å². The molecule has 0 radical (unpaired) electrons. The lowest BCUT2D eigenvalue weighted by Gasteiger charge is -2.23. The molecule has 0 saturated heterocycles. The number of methoxy groups -OCH3 is 2. The van der Waals surface area contributed by atoms with Gasteiger partial charge in [-0.3, -0.25) is 4.79 Å². The summed E-state index contributed by atoms with van der Waals surface area (Å²) in [5.41, 5.74) is 4.41. The van der Waals surface area contributed by atoms with Crippen LogP contribution in [-0.2, 0) is 24.2 Å². The lowest BCUT2D eigenvalue weighted by atomic mass is 10.0. The number of carbonyl (C=O) groups is 1. The number of para-hydroxylation sites is 2. The molecular formula is C25H32N4O3. The summed E-state index contributed by atoms with van der Waals surface area (Å²) in [6.45, 7) is 4.31. The van der Waals surface area contributed by atoms with E-state index in [4.69, 9.17) is 9.47 Å². The number of hydrogen-bond acceptors (Lipinski definition) is 5. The Kier molecular flexibility index (Phi) is 6.95. The van der Waals surface area contributed by atoms with Crippen LogP contribution >= 0.6 is 0 Å². The smallest absolute Gasteiger partial charge is 0.227 e. The number of rotatable bonds is 9. The van der Waals surface area contributed by atoms with Crippen LogP contribution in [0, 0.1) is 0 Å². The molecule has 1 amide bonds. The number of imidazole rings is 1. The quantitative estimate of drug-likeness (QED) is 0.516. The summed E-state index contributed by atoms with van der Waals surface area (Å²) in [6, 6.07) is 12.2. The highest BCUT2D eigenvalue weighted by Crippen LogP contribution is 2.32. The van der Waals surface area contributed by atoms with Crippen molar-refractivity contribution in [2.24, 2.45) is 0 Å². The SMILES string of the molecule is COc1cc2c(cc1OC)CC(=O)N(CCCN(C)CCn1cnc3ccccc31)CC2. The number of likely N-dealkylation sites (N-methyl/N-ethyl adjacent to an activating group) is 1. The summed E-state index contributed by atoms with van der Waals surface area (Å²) in [7, 11) is 5.41. The van der Waals surface area contributed by atoms with Crippen LogP contribution in [0.15, 0.2) is 42.7 Å². The average molecular weight is 437 g/mol. The molecule has 0 saturated carbocycles. The maximum atomic E-state index is 12.8. The molecule has 4 rings (SSSR count). The predicted molar refractivity (Wildman–Crippen MR) is 125 cm³/mol. The summed E-state index contributed by atoms with van der Waals surface area (Å²) < 4.78 is 13.0. The van der Waals surface area contributed by atoms with Gasteiger partial charge in [0.1, 0.15) is 0 Å². The lowest BCUT2D eigenvalue weighted by Crippen LogP contribution is -2.35. The van der Waals surface area contributed by atoms with Crippen molar-refractivity contribution >= 4 is 16.9 Å². The van der Waals surface area contributed by atoms with E-state index in [1.54, 1.807) is 14.2 Å². The second-order valence-corrected chi connectivity index (χ2v) is 8.37. The van der Waals surface area contributed by atoms with E-state index in [0.29, 0.717) is 12.2 Å². The molecule has 0 spiro atoms. The Labute approximate surface area is 189 Å². The van der Waals surface area contributed by atoms with E-state index >= 15 is 0 Å². The Morgan fingerprint density at radius 2 is 1.78 bits per heavy atom. The molecule has 170 valence electrons. The van der Waals surface area contributed by atoms with Gasteiger partial charge in [0.25, 0.3) is 0 Å². The van der Waals surface area contributed by atoms with Crippen LogP contribution in [0.4, 0.5) is 0 Å². The summed E-state index contributed by atoms with van der Waals surface area (Å²) >= 11 is 0. The number of benzene rings is 2. The molecule has 3 aromatic rings. The van der Waals surface area contributed by atoms with Gasteiger partial charge in [0.15, 0.2) is 11.5 Å². The fourth-order valence-corrected chi connectivity index (χ4v) is 4.36. The number of ether oxygens (including phenoxy) is 2. The van der Waals surface area contributed by atoms with Gasteiger partial charge in [-0.1, -0.05) is 12.1 Å². The van der Waals surface area contributed by atoms with Gasteiger partial charge in [-0.05, 0) is 61.8 Å². The Bertz CT molecular complexity index is 1080. The van der Waals surface area contributed by atoms with Crippen molar-refractivity contribution in [2.45, 2.75) is 25.8 Å². The summed E-state index contributed by atoms with van der Waals surface area (Å²) in [4.78, 5) is 21.6. The van der Waals surface area contributed by atoms with E-state index in [1.165, 1.54) is 11.1 Å². The normalized spacial score (nSPS) is 14.0. The fourth-order valence-electron chi connectivity index (χ4n) is 4.36. The van der Waals surface area contributed by atoms with Crippen molar-refractivity contribution in [3.05, 3.63) is 53.9 Å². The summed E-state index contributed by atoms with van der Waals surface area (Å²) in [5.74, 6) is 1.59. The van der Waals surface area contributed by atoms with Crippen molar-refractivity contribution in [3.63, 3.8) is 0 Å². The zero-order valence-electron chi connectivity index (χ0n) is 19.2. The van der Waals surface area contributed by atoms with Crippen molar-refractivity contribution < 1.29 is 14.3 Å². The highest BCUT2D eigenvalue weighted by molar-refractivity contribution is 5.80. The Hall–Kier alpha value is -3.06. The third kappa shape index (κ3) is 4.88. The monoisotopic (exact) mass is 436 g/mol. The van der Waals surface area contributed by atoms with Crippen molar-refractivity contribution in [1.82, 2.24) is 19.4 Å². The number of hydrogen-bond donors (Lipinski definition) is 0. The van der Waals surface area contributed by atoms with E-state index in [1.807, 2.05) is 41.6 Å². The van der Waals surface area contributed by atoms with Crippen LogP contribution in [0.25, 0.3) is 11.0 Å². The topological polar surface area (TPSA) is 59.8 Å². The maximum absolute atomic E-state index is 12.8. The highest BCUT2D eigenvalue weighted by atomic mass is 16.5. The molecule has 0 bridgehead atoms. The fraction of sp³-hybridized carbons (Fsp3) is 0.440. The molecule has 2 aromatic carbocycles. The van der Waals surface area contributed by atoms with E-state index in [2.05, 4.69) is 27.6 Å². The number of carbonyl (C=O) groups excluding carboxylic acids is 1. The van der Waals surface area contributed by atoms with E-state index in [0.717, 1.165) is 62.4 Å². The number of fused-ring (bicyclic) bond motifs is 2. The van der Waals surface area contributed by atoms with Gasteiger partial charge in [0.2, 0.25) is 5.91 Å². The number of aromatic nitrogens is 2. The Morgan fingerprint density at radius 3 is 2.56 bits per heavy atom. The Morgan fingerprint density at radius 1 is 1.03 bits per heavy atom. The number of amides is 1. The second-order valence-electron chi connectivity index (χ2n) is 8.37. The molecule has 1 aliphatic heterocycles. The summed E-state index contributed by atoms with van der Waals surface area (Å²) in [6.07, 6.45) is 4.12. The molecular weight excluding hydrogens is 404 g/mol. The van der Waals surface area contributed by atoms with Gasteiger partial charge in [0.05, 0.1) is 38.0 Å². The summed E-state index contributed by atoms with van der Waals surface area (Å²) in [5, 5.41) is 0. The van der Waals surface area contributed by atoms with Gasteiger partial charge >= 0.3 is 0 Å². The first-order valence-electron chi connectivity index (χ1n) is 11.2. The molecule has 0 N–H and O–H groups in total. The molecule has 32 heavy (non-hydrogen) atoms. The molecule has 0 fully saturated rings. The molecule has 0 atom stereocenters. The Balaban J connectivity index is 1.27. The van der Waals surface area contributed by atoms with Crippen LogP contribution in [-0.4, -0.2) is 72.7 Å². The first-order valence-corrected chi connectivity index (χ1v) is 11.2. The van der Waals surface area contributed by atoms with Gasteiger partial charge in [-0.15, -0.1) is 0 Å². The lowest BCUT2D eigenvalue weighted by molar-refractivity contribution is -0.130. The van der Waals surface area contributed by atoms with Crippen LogP contribution in [0.5, 0.6) is 11.5 Å². The van der Waals surface area contributed by atoms with Crippen LogP contribution < -0.4 is 9.47 Å². The van der Waals surface area contributed by atoms with Crippen LogP contribution in [0.2, 0.25) is 0 Å². The average Bonchev–Trinajstić information content (AvgIpc) is 3.16. The van der Waals surface area contributed by atoms with Crippen LogP contribution in [0.3, 0.4) is 0 Å². The minimum atomic E-state index is 0.184. The second kappa shape index (κ2) is 10.0. The first kappa shape index (κ1) is 22.1. The molecule has 7 heteroatoms. The molecule has 0 unspecified atom stereocenters. The van der Waals surface area contributed by atoms with Crippen molar-refractivity contribution in [2.75, 3.05) is 47.4 Å². The van der Waals surface area contributed by atoms with Crippen LogP contribution in [0.1, 0.15) is 17.5 Å². The third-order valence-electron chi connectivity index (χ3n) is 6.27. The van der Waals surface area contributed by atoms with Gasteiger partial charge in [-0.2, -0.15) is 0 Å². The molecule has 7 nitrogen and oxygen atoms in total. The zero-order valence-corrected chi connectivity index (χ0v) is 19.2. The molecule has 1 aromatic heterocycles. The standard InChI is InChI=1S/C25H32N4O3/c1-27(13-14-29-18-26-21-7-4-5-8-22(21)29)10-6-11-28-12-9-19-15-23(31-2)24(32-3)16-20(19)17-25(28)30/h4-5,7-8,15-16,18H,6,9-14,17H2,1-3H3. The van der Waals surface area contributed by atoms with Crippen molar-refractivity contribution in [3.8, 4) is 11.5 Å². The number of nitrogens with zero attached hydrogens (tertiary/aromatic N) is 4. The minimum absolute atomic E-state index is 0.184. The molecule has 1 aliphatic rings. The zero-order chi connectivity index (χ0) is 22.5. The van der Waals surface area contributed by atoms with Crippen molar-refractivity contribution in [1.29, 1.82) is 0 Å². The predicted octanol–water partition coefficient (Wildman–Crippen LogP) is 3.00. The van der Waals surface area contributed by atoms with E-state index in [9.17, 15) is 4.79 Å². The third-order valence-corrected chi connectivity index (χ3v) is 6.27. The van der Waals surface area contributed by atoms with Gasteiger partial charge < -0.3 is 23.8 Å². The van der Waals surface area contributed by atoms with Gasteiger partial charge in [0, 0.05) is 26.2 Å². The highest BCUT2D eigenvalue weighted by Gasteiger charge is 2.22. The largest absolute Gasteiger partial charge is 0.493 e. The minimum Gasteiger partial charge on any atom is -0.493 e. The van der Waals surface area contributed by atoms with E-state index < -0.39 is 0 Å². The molecule has 2 heterocycles. The first-order chi connectivity index (χ1) is 15.6.